The van der Waals surface area contributed by atoms with Gasteiger partial charge in [0.1, 0.15) is 11.3 Å². The van der Waals surface area contributed by atoms with Crippen LogP contribution in [0.1, 0.15) is 41.4 Å². The minimum absolute atomic E-state index is 0.162. The molecule has 0 aliphatic heterocycles. The van der Waals surface area contributed by atoms with Gasteiger partial charge in [0.2, 0.25) is 0 Å². The van der Waals surface area contributed by atoms with Gasteiger partial charge in [-0.3, -0.25) is 0 Å². The van der Waals surface area contributed by atoms with Crippen LogP contribution in [0, 0.1) is 0 Å². The Morgan fingerprint density at radius 3 is 2.71 bits per heavy atom. The van der Waals surface area contributed by atoms with Gasteiger partial charge in [0, 0.05) is 5.56 Å². The molecule has 0 bridgehead atoms. The van der Waals surface area contributed by atoms with E-state index in [9.17, 15) is 4.79 Å². The Labute approximate surface area is 82.9 Å². The van der Waals surface area contributed by atoms with Crippen LogP contribution in [0.4, 0.5) is 0 Å². The molecule has 4 nitrogen and oxygen atoms in total. The van der Waals surface area contributed by atoms with Crippen molar-refractivity contribution < 1.29 is 14.3 Å². The second kappa shape index (κ2) is 4.28. The van der Waals surface area contributed by atoms with Crippen molar-refractivity contribution in [2.75, 3.05) is 7.05 Å². The first-order valence-electron chi connectivity index (χ1n) is 4.56. The highest BCUT2D eigenvalue weighted by Gasteiger charge is 2.21. The molecule has 1 heterocycles. The van der Waals surface area contributed by atoms with Crippen molar-refractivity contribution in [2.45, 2.75) is 26.3 Å². The predicted molar refractivity (Wildman–Crippen MR) is 52.5 cm³/mol. The van der Waals surface area contributed by atoms with Crippen LogP contribution in [0.3, 0.4) is 0 Å². The summed E-state index contributed by atoms with van der Waals surface area (Å²) < 4.78 is 5.22. The Bertz CT molecular complexity index is 328. The Morgan fingerprint density at radius 1 is 1.64 bits per heavy atom. The van der Waals surface area contributed by atoms with E-state index in [1.807, 2.05) is 13.8 Å². The zero-order chi connectivity index (χ0) is 10.7. The predicted octanol–water partition coefficient (Wildman–Crippen LogP) is 1.82. The fraction of sp³-hybridized carbons (Fsp3) is 0.500. The summed E-state index contributed by atoms with van der Waals surface area (Å²) >= 11 is 0. The molecule has 0 atom stereocenters. The van der Waals surface area contributed by atoms with E-state index >= 15 is 0 Å². The van der Waals surface area contributed by atoms with Gasteiger partial charge in [-0.1, -0.05) is 13.8 Å². The van der Waals surface area contributed by atoms with Crippen molar-refractivity contribution >= 4 is 5.97 Å². The molecule has 0 unspecified atom stereocenters. The number of hydrogen-bond donors (Lipinski definition) is 2. The third-order valence-corrected chi connectivity index (χ3v) is 2.07. The van der Waals surface area contributed by atoms with E-state index in [-0.39, 0.29) is 5.92 Å². The molecule has 1 rings (SSSR count). The number of rotatable bonds is 4. The first-order valence-corrected chi connectivity index (χ1v) is 4.56. The van der Waals surface area contributed by atoms with Crippen molar-refractivity contribution in [1.29, 1.82) is 0 Å². The molecule has 0 aliphatic rings. The van der Waals surface area contributed by atoms with Crippen LogP contribution in [-0.2, 0) is 6.54 Å². The smallest absolute Gasteiger partial charge is 0.339 e. The van der Waals surface area contributed by atoms with E-state index in [1.165, 1.54) is 6.26 Å². The monoisotopic (exact) mass is 197 g/mol. The van der Waals surface area contributed by atoms with Crippen LogP contribution in [0.5, 0.6) is 0 Å². The summed E-state index contributed by atoms with van der Waals surface area (Å²) in [5, 5.41) is 11.9. The number of nitrogens with one attached hydrogen (secondary N) is 1. The number of aromatic carboxylic acids is 1. The minimum Gasteiger partial charge on any atom is -0.478 e. The summed E-state index contributed by atoms with van der Waals surface area (Å²) in [6.07, 6.45) is 1.53. The van der Waals surface area contributed by atoms with Gasteiger partial charge in [-0.25, -0.2) is 4.79 Å². The quantitative estimate of drug-likeness (QED) is 0.772. The van der Waals surface area contributed by atoms with Crippen molar-refractivity contribution in [3.63, 3.8) is 0 Å². The Morgan fingerprint density at radius 2 is 2.29 bits per heavy atom. The van der Waals surface area contributed by atoms with Gasteiger partial charge in [0.05, 0.1) is 12.8 Å². The Hall–Kier alpha value is -1.29. The molecule has 0 saturated carbocycles. The maximum Gasteiger partial charge on any atom is 0.339 e. The number of carboxylic acids is 1. The summed E-state index contributed by atoms with van der Waals surface area (Å²) in [6, 6.07) is 0. The van der Waals surface area contributed by atoms with E-state index in [1.54, 1.807) is 7.05 Å². The molecular formula is C10H15NO3. The Kier molecular flexibility index (Phi) is 3.30. The topological polar surface area (TPSA) is 62.5 Å². The largest absolute Gasteiger partial charge is 0.478 e. The van der Waals surface area contributed by atoms with Gasteiger partial charge in [0.15, 0.2) is 0 Å². The molecular weight excluding hydrogens is 182 g/mol. The van der Waals surface area contributed by atoms with Crippen LogP contribution < -0.4 is 5.32 Å². The first kappa shape index (κ1) is 10.8. The summed E-state index contributed by atoms with van der Waals surface area (Å²) in [7, 11) is 1.75. The maximum absolute atomic E-state index is 11.0. The average Bonchev–Trinajstić information content (AvgIpc) is 2.48. The Balaban J connectivity index is 3.13. The number of carbonyl (C=O) groups is 1. The molecule has 2 N–H and O–H groups in total. The lowest BCUT2D eigenvalue weighted by molar-refractivity contribution is 0.0693. The van der Waals surface area contributed by atoms with Gasteiger partial charge in [-0.2, -0.15) is 0 Å². The number of carboxylic acid groups (broad SMARTS) is 1. The fourth-order valence-corrected chi connectivity index (χ4v) is 1.37. The van der Waals surface area contributed by atoms with Crippen LogP contribution in [0.25, 0.3) is 0 Å². The molecule has 1 aromatic rings. The highest BCUT2D eigenvalue weighted by Crippen LogP contribution is 2.24. The van der Waals surface area contributed by atoms with Crippen LogP contribution in [0.2, 0.25) is 0 Å². The summed E-state index contributed by atoms with van der Waals surface area (Å²) in [4.78, 5) is 11.0. The van der Waals surface area contributed by atoms with Crippen molar-refractivity contribution in [1.82, 2.24) is 5.32 Å². The lowest BCUT2D eigenvalue weighted by atomic mass is 10.0. The van der Waals surface area contributed by atoms with E-state index in [0.717, 1.165) is 5.56 Å². The standard InChI is InChI=1S/C10H15NO3/c1-6(2)7-5-14-8(4-11-3)9(7)10(12)13/h5-6,11H,4H2,1-3H3,(H,12,13). The second-order valence-corrected chi connectivity index (χ2v) is 3.48. The van der Waals surface area contributed by atoms with Gasteiger partial charge in [-0.05, 0) is 13.0 Å². The van der Waals surface area contributed by atoms with Gasteiger partial charge in [0.25, 0.3) is 0 Å². The van der Waals surface area contributed by atoms with E-state index in [2.05, 4.69) is 5.32 Å². The molecule has 1 aromatic heterocycles. The summed E-state index contributed by atoms with van der Waals surface area (Å²) in [5.41, 5.74) is 1.05. The van der Waals surface area contributed by atoms with Gasteiger partial charge < -0.3 is 14.8 Å². The lowest BCUT2D eigenvalue weighted by Gasteiger charge is -2.03. The lowest BCUT2D eigenvalue weighted by Crippen LogP contribution is -2.10. The molecule has 14 heavy (non-hydrogen) atoms. The molecule has 0 aromatic carbocycles. The van der Waals surface area contributed by atoms with E-state index < -0.39 is 5.97 Å². The molecule has 4 heteroatoms. The molecule has 0 aliphatic carbocycles. The summed E-state index contributed by atoms with van der Waals surface area (Å²) in [6.45, 7) is 4.33. The fourth-order valence-electron chi connectivity index (χ4n) is 1.37. The second-order valence-electron chi connectivity index (χ2n) is 3.48. The average molecular weight is 197 g/mol. The van der Waals surface area contributed by atoms with Crippen molar-refractivity contribution in [2.24, 2.45) is 0 Å². The van der Waals surface area contributed by atoms with Gasteiger partial charge in [-0.15, -0.1) is 0 Å². The normalized spacial score (nSPS) is 10.9. The molecule has 78 valence electrons. The highest BCUT2D eigenvalue weighted by atomic mass is 16.4. The molecule has 0 fully saturated rings. The van der Waals surface area contributed by atoms with E-state index in [0.29, 0.717) is 17.9 Å². The third-order valence-electron chi connectivity index (χ3n) is 2.07. The SMILES string of the molecule is CNCc1occ(C(C)C)c1C(=O)O. The van der Waals surface area contributed by atoms with Crippen molar-refractivity contribution in [3.05, 3.63) is 23.2 Å². The first-order chi connectivity index (χ1) is 6.57. The zero-order valence-electron chi connectivity index (χ0n) is 8.63. The van der Waals surface area contributed by atoms with Crippen LogP contribution in [0.15, 0.2) is 10.7 Å². The number of furan rings is 1. The molecule has 0 saturated heterocycles. The molecule has 0 spiro atoms. The third kappa shape index (κ3) is 1.96. The summed E-state index contributed by atoms with van der Waals surface area (Å²) in [5.74, 6) is -0.271. The zero-order valence-corrected chi connectivity index (χ0v) is 8.63. The molecule has 0 radical (unpaired) electrons. The number of hydrogen-bond acceptors (Lipinski definition) is 3. The highest BCUT2D eigenvalue weighted by molar-refractivity contribution is 5.90. The maximum atomic E-state index is 11.0. The van der Waals surface area contributed by atoms with E-state index in [4.69, 9.17) is 9.52 Å². The molecule has 0 amide bonds. The van der Waals surface area contributed by atoms with Gasteiger partial charge >= 0.3 is 5.97 Å². The van der Waals surface area contributed by atoms with Crippen LogP contribution >= 0.6 is 0 Å². The minimum atomic E-state index is -0.923. The van der Waals surface area contributed by atoms with Crippen molar-refractivity contribution in [3.8, 4) is 0 Å². The van der Waals surface area contributed by atoms with Crippen LogP contribution in [-0.4, -0.2) is 18.1 Å².